The first-order chi connectivity index (χ1) is 22.2. The molecule has 264 valence electrons. The van der Waals surface area contributed by atoms with Crippen LogP contribution in [0.1, 0.15) is 79.4 Å². The van der Waals surface area contributed by atoms with Crippen molar-refractivity contribution in [2.75, 3.05) is 14.1 Å². The molecule has 0 aromatic heterocycles. The van der Waals surface area contributed by atoms with E-state index in [4.69, 9.17) is 18.9 Å². The minimum Gasteiger partial charge on any atom is -0.459 e. The van der Waals surface area contributed by atoms with E-state index in [2.05, 4.69) is 6.58 Å². The van der Waals surface area contributed by atoms with Crippen LogP contribution in [0.4, 0.5) is 9.59 Å². The normalized spacial score (nSPS) is 12.2. The van der Waals surface area contributed by atoms with E-state index in [1.165, 1.54) is 25.9 Å². The summed E-state index contributed by atoms with van der Waals surface area (Å²) in [6.45, 7) is 17.8. The highest BCUT2D eigenvalue weighted by molar-refractivity contribution is 5.88. The maximum atomic E-state index is 12.5. The van der Waals surface area contributed by atoms with Crippen molar-refractivity contribution in [1.82, 2.24) is 9.80 Å². The first kappa shape index (κ1) is 41.4. The molecule has 0 saturated carbocycles. The summed E-state index contributed by atoms with van der Waals surface area (Å²) in [4.78, 5) is 63.0. The SMILES string of the molecule is C=C(C)C[C@@H](C(=O)OCc1ccccc1)N(C)C(=O)OC(C)(C)C.CC(=O)C[C@@H](C(=O)OCc1ccccc1)N(C)C(=O)OC(C)(C)C. The monoisotopic (exact) mass is 668 g/mol. The summed E-state index contributed by atoms with van der Waals surface area (Å²) in [5.41, 5.74) is 1.17. The second-order valence-electron chi connectivity index (χ2n) is 13.5. The van der Waals surface area contributed by atoms with E-state index < -0.39 is 47.4 Å². The molecule has 0 N–H and O–H groups in total. The number of nitrogens with zero attached hydrogens (tertiary/aromatic N) is 2. The Kier molecular flexibility index (Phi) is 16.6. The Labute approximate surface area is 285 Å². The summed E-state index contributed by atoms with van der Waals surface area (Å²) in [7, 11) is 2.96. The Hall–Kier alpha value is -4.67. The summed E-state index contributed by atoms with van der Waals surface area (Å²) in [6.07, 6.45) is -1.04. The van der Waals surface area contributed by atoms with Crippen LogP contribution in [0, 0.1) is 0 Å². The summed E-state index contributed by atoms with van der Waals surface area (Å²) < 4.78 is 21.2. The number of benzene rings is 2. The second-order valence-corrected chi connectivity index (χ2v) is 13.5. The van der Waals surface area contributed by atoms with Gasteiger partial charge in [-0.3, -0.25) is 14.6 Å². The fourth-order valence-corrected chi connectivity index (χ4v) is 3.93. The predicted octanol–water partition coefficient (Wildman–Crippen LogP) is 6.88. The number of esters is 2. The van der Waals surface area contributed by atoms with Gasteiger partial charge in [0, 0.05) is 20.5 Å². The Morgan fingerprint density at radius 2 is 0.958 bits per heavy atom. The van der Waals surface area contributed by atoms with Crippen LogP contribution < -0.4 is 0 Å². The lowest BCUT2D eigenvalue weighted by Crippen LogP contribution is -2.46. The highest BCUT2D eigenvalue weighted by atomic mass is 16.6. The number of carbonyl (C=O) groups excluding carboxylic acids is 5. The molecule has 2 aromatic rings. The maximum absolute atomic E-state index is 12.5. The third-order valence-corrected chi connectivity index (χ3v) is 6.31. The fraction of sp³-hybridized carbons (Fsp3) is 0.486. The number of carbonyl (C=O) groups is 5. The number of ketones is 1. The van der Waals surface area contributed by atoms with Crippen LogP contribution in [-0.4, -0.2) is 77.1 Å². The smallest absolute Gasteiger partial charge is 0.410 e. The molecule has 48 heavy (non-hydrogen) atoms. The third-order valence-electron chi connectivity index (χ3n) is 6.31. The first-order valence-corrected chi connectivity index (χ1v) is 15.7. The molecule has 0 fully saturated rings. The van der Waals surface area contributed by atoms with Crippen LogP contribution in [0.15, 0.2) is 72.8 Å². The van der Waals surface area contributed by atoms with Gasteiger partial charge in [0.1, 0.15) is 42.3 Å². The zero-order chi connectivity index (χ0) is 36.7. The molecule has 2 amide bonds. The summed E-state index contributed by atoms with van der Waals surface area (Å²) in [5.74, 6) is -1.33. The molecule has 0 aliphatic heterocycles. The van der Waals surface area contributed by atoms with Crippen molar-refractivity contribution in [3.8, 4) is 0 Å². The van der Waals surface area contributed by atoms with Crippen LogP contribution >= 0.6 is 0 Å². The molecule has 2 rings (SSSR count). The maximum Gasteiger partial charge on any atom is 0.410 e. The Balaban J connectivity index is 0.000000480. The quantitative estimate of drug-likeness (QED) is 0.135. The van der Waals surface area contributed by atoms with E-state index in [9.17, 15) is 24.0 Å². The van der Waals surface area contributed by atoms with Crippen molar-refractivity contribution in [2.24, 2.45) is 0 Å². The molecule has 11 heteroatoms. The average Bonchev–Trinajstić information content (AvgIpc) is 2.99. The highest BCUT2D eigenvalue weighted by Crippen LogP contribution is 2.17. The van der Waals surface area contributed by atoms with Crippen LogP contribution in [0.2, 0.25) is 0 Å². The minimum absolute atomic E-state index is 0.0796. The zero-order valence-corrected chi connectivity index (χ0v) is 30.0. The molecule has 0 bridgehead atoms. The molecule has 0 aliphatic carbocycles. The van der Waals surface area contributed by atoms with Gasteiger partial charge in [-0.2, -0.15) is 0 Å². The third kappa shape index (κ3) is 16.8. The van der Waals surface area contributed by atoms with Gasteiger partial charge in [-0.25, -0.2) is 19.2 Å². The van der Waals surface area contributed by atoms with Crippen LogP contribution in [0.25, 0.3) is 0 Å². The molecule has 11 nitrogen and oxygen atoms in total. The number of amides is 2. The summed E-state index contributed by atoms with van der Waals surface area (Å²) in [6, 6.07) is 16.8. The van der Waals surface area contributed by atoms with Gasteiger partial charge < -0.3 is 18.9 Å². The molecule has 0 heterocycles. The number of Topliss-reactive ketones (excluding diaryl/α,β-unsaturated/α-hetero) is 1. The van der Waals surface area contributed by atoms with Crippen molar-refractivity contribution in [1.29, 1.82) is 0 Å². The first-order valence-electron chi connectivity index (χ1n) is 15.7. The standard InChI is InChI=1S/C19H27NO4.C18H25NO5/c1-14(2)12-16(20(6)18(22)24-19(3,4)5)17(21)23-13-15-10-8-7-9-11-15;1-13(20)11-15(19(5)17(22)24-18(2,3)4)16(21)23-12-14-9-7-6-8-10-14/h7-11,16H,1,12-13H2,2-6H3;6-10,15H,11-12H2,1-5H3/t16-;15-/m00/s1. The van der Waals surface area contributed by atoms with Gasteiger partial charge in [0.25, 0.3) is 0 Å². The predicted molar refractivity (Wildman–Crippen MR) is 183 cm³/mol. The van der Waals surface area contributed by atoms with Crippen molar-refractivity contribution in [3.63, 3.8) is 0 Å². The van der Waals surface area contributed by atoms with Crippen molar-refractivity contribution in [3.05, 3.63) is 83.9 Å². The Morgan fingerprint density at radius 3 is 1.25 bits per heavy atom. The molecule has 0 spiro atoms. The fourth-order valence-electron chi connectivity index (χ4n) is 3.93. The van der Waals surface area contributed by atoms with Crippen molar-refractivity contribution in [2.45, 2.75) is 105 Å². The van der Waals surface area contributed by atoms with Crippen molar-refractivity contribution < 1.29 is 42.9 Å². The van der Waals surface area contributed by atoms with E-state index in [1.807, 2.05) is 60.7 Å². The molecule has 2 atom stereocenters. The molecule has 0 aliphatic rings. The van der Waals surface area contributed by atoms with E-state index in [0.717, 1.165) is 21.6 Å². The van der Waals surface area contributed by atoms with E-state index in [-0.39, 0.29) is 25.4 Å². The Morgan fingerprint density at radius 1 is 0.625 bits per heavy atom. The molecular formula is C37H52N2O9. The zero-order valence-electron chi connectivity index (χ0n) is 30.0. The van der Waals surface area contributed by atoms with E-state index >= 15 is 0 Å². The number of ether oxygens (including phenoxy) is 4. The summed E-state index contributed by atoms with van der Waals surface area (Å²) >= 11 is 0. The topological polar surface area (TPSA) is 129 Å². The van der Waals surface area contributed by atoms with Gasteiger partial charge in [-0.1, -0.05) is 66.2 Å². The minimum atomic E-state index is -1.01. The van der Waals surface area contributed by atoms with Crippen LogP contribution in [0.3, 0.4) is 0 Å². The summed E-state index contributed by atoms with van der Waals surface area (Å²) in [5, 5.41) is 0. The lowest BCUT2D eigenvalue weighted by molar-refractivity contribution is -0.152. The van der Waals surface area contributed by atoms with Gasteiger partial charge in [-0.05, 0) is 72.9 Å². The lowest BCUT2D eigenvalue weighted by Gasteiger charge is -2.29. The second kappa shape index (κ2) is 19.2. The number of likely N-dealkylation sites (N-methyl/N-ethyl adjacent to an activating group) is 2. The highest BCUT2D eigenvalue weighted by Gasteiger charge is 2.33. The van der Waals surface area contributed by atoms with Crippen LogP contribution in [-0.2, 0) is 46.5 Å². The van der Waals surface area contributed by atoms with Gasteiger partial charge >= 0.3 is 24.1 Å². The van der Waals surface area contributed by atoms with Gasteiger partial charge in [0.2, 0.25) is 0 Å². The number of hydrogen-bond donors (Lipinski definition) is 0. The largest absolute Gasteiger partial charge is 0.459 e. The van der Waals surface area contributed by atoms with Gasteiger partial charge in [0.15, 0.2) is 0 Å². The van der Waals surface area contributed by atoms with Gasteiger partial charge in [-0.15, -0.1) is 6.58 Å². The lowest BCUT2D eigenvalue weighted by atomic mass is 10.1. The van der Waals surface area contributed by atoms with E-state index in [0.29, 0.717) is 6.42 Å². The molecular weight excluding hydrogens is 616 g/mol. The van der Waals surface area contributed by atoms with E-state index in [1.54, 1.807) is 48.5 Å². The van der Waals surface area contributed by atoms with Gasteiger partial charge in [0.05, 0.1) is 0 Å². The molecule has 0 saturated heterocycles. The van der Waals surface area contributed by atoms with Crippen LogP contribution in [0.5, 0.6) is 0 Å². The Bertz CT molecular complexity index is 1260. The molecule has 0 unspecified atom stereocenters. The average molecular weight is 669 g/mol. The molecule has 2 aromatic carbocycles. The van der Waals surface area contributed by atoms with Crippen molar-refractivity contribution >= 4 is 29.9 Å². The molecule has 0 radical (unpaired) electrons. The number of rotatable bonds is 12. The number of hydrogen-bond acceptors (Lipinski definition) is 9.